The molecule has 2 N–H and O–H groups in total. The first-order valence-electron chi connectivity index (χ1n) is 8.10. The minimum Gasteiger partial charge on any atom is -0.369 e. The maximum absolute atomic E-state index is 11.5. The lowest BCUT2D eigenvalue weighted by Gasteiger charge is -2.21. The molecule has 0 spiro atoms. The van der Waals surface area contributed by atoms with E-state index in [1.54, 1.807) is 0 Å². The Morgan fingerprint density at radius 2 is 1.65 bits per heavy atom. The fraction of sp³-hybridized carbons (Fsp3) is 0.474. The summed E-state index contributed by atoms with van der Waals surface area (Å²) in [7, 11) is 0. The second-order valence-electron chi connectivity index (χ2n) is 6.78. The number of rotatable bonds is 5. The topological polar surface area (TPSA) is 69.1 Å². The molecule has 4 nitrogen and oxygen atoms in total. The van der Waals surface area contributed by atoms with Crippen molar-refractivity contribution in [1.29, 1.82) is 0 Å². The van der Waals surface area contributed by atoms with Gasteiger partial charge in [0.1, 0.15) is 5.76 Å². The van der Waals surface area contributed by atoms with Gasteiger partial charge in [-0.25, -0.2) is 0 Å². The number of amides is 1. The molecule has 0 aliphatic carbocycles. The van der Waals surface area contributed by atoms with E-state index in [-0.39, 0.29) is 12.3 Å². The minimum absolute atomic E-state index is 0.281. The number of aromatic nitrogens is 1. The van der Waals surface area contributed by atoms with Crippen molar-refractivity contribution in [3.05, 3.63) is 40.3 Å². The highest BCUT2D eigenvalue weighted by Crippen LogP contribution is 2.36. The van der Waals surface area contributed by atoms with Gasteiger partial charge in [-0.2, -0.15) is 0 Å². The van der Waals surface area contributed by atoms with E-state index in [0.29, 0.717) is 11.8 Å². The fourth-order valence-corrected chi connectivity index (χ4v) is 3.17. The van der Waals surface area contributed by atoms with Crippen LogP contribution in [0.4, 0.5) is 0 Å². The quantitative estimate of drug-likeness (QED) is 0.897. The average Bonchev–Trinajstić information content (AvgIpc) is 2.77. The predicted molar refractivity (Wildman–Crippen MR) is 92.5 cm³/mol. The molecular weight excluding hydrogens is 288 g/mol. The van der Waals surface area contributed by atoms with Gasteiger partial charge >= 0.3 is 0 Å². The van der Waals surface area contributed by atoms with Crippen LogP contribution in [0, 0.1) is 13.8 Å². The van der Waals surface area contributed by atoms with Crippen LogP contribution in [0.1, 0.15) is 67.7 Å². The number of hydrogen-bond donors (Lipinski definition) is 1. The molecule has 23 heavy (non-hydrogen) atoms. The fourth-order valence-electron chi connectivity index (χ4n) is 3.17. The van der Waals surface area contributed by atoms with Gasteiger partial charge in [-0.1, -0.05) is 45.0 Å². The van der Waals surface area contributed by atoms with Gasteiger partial charge in [0.25, 0.3) is 0 Å². The van der Waals surface area contributed by atoms with Crippen LogP contribution in [-0.4, -0.2) is 11.1 Å². The summed E-state index contributed by atoms with van der Waals surface area (Å²) in [6.07, 6.45) is 0.281. The highest BCUT2D eigenvalue weighted by molar-refractivity contribution is 5.79. The van der Waals surface area contributed by atoms with Crippen LogP contribution in [0.5, 0.6) is 0 Å². The first-order chi connectivity index (χ1) is 10.7. The van der Waals surface area contributed by atoms with Gasteiger partial charge in [0, 0.05) is 5.56 Å². The molecule has 0 saturated carbocycles. The molecule has 2 rings (SSSR count). The van der Waals surface area contributed by atoms with Crippen LogP contribution < -0.4 is 5.73 Å². The first kappa shape index (κ1) is 17.3. The Bertz CT molecular complexity index is 678. The van der Waals surface area contributed by atoms with Crippen molar-refractivity contribution in [1.82, 2.24) is 5.16 Å². The molecule has 0 aliphatic rings. The Morgan fingerprint density at radius 1 is 1.13 bits per heavy atom. The molecule has 1 aromatic carbocycles. The Balaban J connectivity index is 2.75. The SMILES string of the molecule is Cc1noc(C)c1-c1cc(C(C)C)c(CC(N)=O)c(C(C)C)c1. The predicted octanol–water partition coefficient (Wildman–Crippen LogP) is 4.23. The van der Waals surface area contributed by atoms with E-state index in [1.165, 1.54) is 11.1 Å². The number of carbonyl (C=O) groups excluding carboxylic acids is 1. The molecule has 0 aliphatic heterocycles. The summed E-state index contributed by atoms with van der Waals surface area (Å²) in [5.41, 5.74) is 11.9. The zero-order valence-corrected chi connectivity index (χ0v) is 14.9. The highest BCUT2D eigenvalue weighted by Gasteiger charge is 2.20. The van der Waals surface area contributed by atoms with Gasteiger partial charge in [0.2, 0.25) is 5.91 Å². The summed E-state index contributed by atoms with van der Waals surface area (Å²) in [6.45, 7) is 12.4. The van der Waals surface area contributed by atoms with Crippen LogP contribution in [0.2, 0.25) is 0 Å². The van der Waals surface area contributed by atoms with Crippen LogP contribution in [0.25, 0.3) is 11.1 Å². The van der Waals surface area contributed by atoms with Gasteiger partial charge in [-0.05, 0) is 47.9 Å². The van der Waals surface area contributed by atoms with E-state index in [4.69, 9.17) is 10.3 Å². The van der Waals surface area contributed by atoms with E-state index in [9.17, 15) is 4.79 Å². The summed E-state index contributed by atoms with van der Waals surface area (Å²) in [6, 6.07) is 4.31. The maximum atomic E-state index is 11.5. The van der Waals surface area contributed by atoms with E-state index in [0.717, 1.165) is 28.1 Å². The van der Waals surface area contributed by atoms with Gasteiger partial charge in [0.05, 0.1) is 12.1 Å². The number of primary amides is 1. The van der Waals surface area contributed by atoms with Gasteiger partial charge in [-0.15, -0.1) is 0 Å². The number of nitrogens with two attached hydrogens (primary N) is 1. The van der Waals surface area contributed by atoms with E-state index < -0.39 is 0 Å². The molecule has 1 amide bonds. The first-order valence-corrected chi connectivity index (χ1v) is 8.10. The van der Waals surface area contributed by atoms with Crippen LogP contribution in [0.3, 0.4) is 0 Å². The van der Waals surface area contributed by atoms with Crippen molar-refractivity contribution >= 4 is 5.91 Å². The molecule has 1 heterocycles. The van der Waals surface area contributed by atoms with Crippen molar-refractivity contribution < 1.29 is 9.32 Å². The maximum Gasteiger partial charge on any atom is 0.221 e. The summed E-state index contributed by atoms with van der Waals surface area (Å²) >= 11 is 0. The highest BCUT2D eigenvalue weighted by atomic mass is 16.5. The van der Waals surface area contributed by atoms with Gasteiger partial charge in [0.15, 0.2) is 0 Å². The van der Waals surface area contributed by atoms with Crippen LogP contribution in [0.15, 0.2) is 16.7 Å². The lowest BCUT2D eigenvalue weighted by molar-refractivity contribution is -0.117. The molecule has 0 fully saturated rings. The van der Waals surface area contributed by atoms with E-state index >= 15 is 0 Å². The van der Waals surface area contributed by atoms with Gasteiger partial charge < -0.3 is 10.3 Å². The van der Waals surface area contributed by atoms with E-state index in [1.807, 2.05) is 13.8 Å². The number of nitrogens with zero attached hydrogens (tertiary/aromatic N) is 1. The summed E-state index contributed by atoms with van der Waals surface area (Å²) in [5, 5.41) is 4.06. The molecule has 0 saturated heterocycles. The molecule has 2 aromatic rings. The average molecular weight is 314 g/mol. The standard InChI is InChI=1S/C19H26N2O2/c1-10(2)15-7-14(19-12(5)21-23-13(19)6)8-16(11(3)4)17(15)9-18(20)22/h7-8,10-11H,9H2,1-6H3,(H2,20,22). The van der Waals surface area contributed by atoms with Crippen molar-refractivity contribution in [2.75, 3.05) is 0 Å². The Labute approximate surface area is 138 Å². The molecule has 0 radical (unpaired) electrons. The molecule has 0 atom stereocenters. The minimum atomic E-state index is -0.293. The van der Waals surface area contributed by atoms with E-state index in [2.05, 4.69) is 45.0 Å². The van der Waals surface area contributed by atoms with Crippen LogP contribution >= 0.6 is 0 Å². The lowest BCUT2D eigenvalue weighted by atomic mass is 9.83. The van der Waals surface area contributed by atoms with Crippen molar-refractivity contribution in [2.45, 2.75) is 59.8 Å². The number of aryl methyl sites for hydroxylation is 2. The Hall–Kier alpha value is -2.10. The summed E-state index contributed by atoms with van der Waals surface area (Å²) < 4.78 is 5.32. The normalized spacial score (nSPS) is 11.5. The Kier molecular flexibility index (Phi) is 4.93. The second-order valence-corrected chi connectivity index (χ2v) is 6.78. The smallest absolute Gasteiger partial charge is 0.221 e. The molecule has 1 aromatic heterocycles. The second kappa shape index (κ2) is 6.57. The molecule has 4 heteroatoms. The summed E-state index contributed by atoms with van der Waals surface area (Å²) in [4.78, 5) is 11.5. The van der Waals surface area contributed by atoms with Crippen LogP contribution in [-0.2, 0) is 11.2 Å². The molecule has 0 bridgehead atoms. The number of benzene rings is 1. The lowest BCUT2D eigenvalue weighted by Crippen LogP contribution is -2.17. The largest absolute Gasteiger partial charge is 0.369 e. The zero-order chi connectivity index (χ0) is 17.3. The molecule has 0 unspecified atom stereocenters. The number of carbonyl (C=O) groups is 1. The van der Waals surface area contributed by atoms with Crippen molar-refractivity contribution in [3.63, 3.8) is 0 Å². The third kappa shape index (κ3) is 3.46. The number of hydrogen-bond acceptors (Lipinski definition) is 3. The van der Waals surface area contributed by atoms with Gasteiger partial charge in [-0.3, -0.25) is 4.79 Å². The zero-order valence-electron chi connectivity index (χ0n) is 14.9. The molecule has 124 valence electrons. The third-order valence-electron chi connectivity index (χ3n) is 4.24. The van der Waals surface area contributed by atoms with Crippen molar-refractivity contribution in [2.24, 2.45) is 5.73 Å². The molecular formula is C19H26N2O2. The monoisotopic (exact) mass is 314 g/mol. The summed E-state index contributed by atoms with van der Waals surface area (Å²) in [5.74, 6) is 1.14. The van der Waals surface area contributed by atoms with Crippen molar-refractivity contribution in [3.8, 4) is 11.1 Å². The Morgan fingerprint density at radius 3 is 2.00 bits per heavy atom. The third-order valence-corrected chi connectivity index (χ3v) is 4.24.